The molecular weight excluding hydrogens is 658 g/mol. The van der Waals surface area contributed by atoms with E-state index in [1.807, 2.05) is 78.8 Å². The summed E-state index contributed by atoms with van der Waals surface area (Å²) >= 11 is 0. The first-order valence-electron chi connectivity index (χ1n) is 16.9. The Morgan fingerprint density at radius 2 is 1.58 bits per heavy atom. The van der Waals surface area contributed by atoms with Crippen molar-refractivity contribution in [2.45, 2.75) is 90.4 Å². The molecule has 0 bridgehead atoms. The summed E-state index contributed by atoms with van der Waals surface area (Å²) in [5, 5.41) is 20.6. The number of carbonyl (C=O) groups is 2. The Kier molecular flexibility index (Phi) is 13.7. The van der Waals surface area contributed by atoms with Gasteiger partial charge in [-0.3, -0.25) is 14.9 Å². The van der Waals surface area contributed by atoms with Crippen molar-refractivity contribution in [1.29, 1.82) is 0 Å². The predicted octanol–water partition coefficient (Wildman–Crippen LogP) is 4.51. The first-order valence-corrected chi connectivity index (χ1v) is 18.3. The molecule has 50 heavy (non-hydrogen) atoms. The Balaban J connectivity index is 1.85. The zero-order valence-electron chi connectivity index (χ0n) is 30.5. The number of rotatable bonds is 16. The van der Waals surface area contributed by atoms with Gasteiger partial charge in [-0.05, 0) is 79.5 Å². The molecule has 0 radical (unpaired) electrons. The van der Waals surface area contributed by atoms with Crippen LogP contribution in [0.3, 0.4) is 0 Å². The highest BCUT2D eigenvalue weighted by Gasteiger charge is 2.37. The van der Waals surface area contributed by atoms with Crippen molar-refractivity contribution >= 4 is 27.5 Å². The molecule has 0 spiro atoms. The summed E-state index contributed by atoms with van der Waals surface area (Å²) in [6, 6.07) is 18.0. The Morgan fingerprint density at radius 1 is 0.920 bits per heavy atom. The molecule has 0 aromatic heterocycles. The molecule has 0 aliphatic carbocycles. The molecule has 0 saturated carbocycles. The SMILES string of the molecule is Cc1ccc(S(=O)(=O)N(CC(C)C)C[C@@H](O)[C@H](Cc2ccccc2)NC(=O)[C@@H](NC(=O)CNC(C)(C)c2cccc(F)c2)C(C)(C)C)cc1N. The standard InChI is InChI=1S/C38H54FN5O5S/c1-25(2)23-44(50(48,49)30-18-17-26(3)31(40)21-30)24-33(45)32(19-27-13-10-9-11-14-27)42-36(47)35(37(4,5)6)43-34(46)22-41-38(7,8)28-15-12-16-29(39)20-28/h9-18,20-21,25,32-33,35,41,45H,19,22-24,40H2,1-8H3,(H,42,47)(H,43,46)/t32-,33+,35+/m0/s1. The second kappa shape index (κ2) is 16.9. The fourth-order valence-corrected chi connectivity index (χ4v) is 7.18. The number of aliphatic hydroxyl groups excluding tert-OH is 1. The average Bonchev–Trinajstić information content (AvgIpc) is 3.03. The van der Waals surface area contributed by atoms with Crippen molar-refractivity contribution in [3.8, 4) is 0 Å². The lowest BCUT2D eigenvalue weighted by atomic mass is 9.85. The molecule has 3 atom stereocenters. The maximum atomic E-state index is 14.0. The minimum atomic E-state index is -4.07. The van der Waals surface area contributed by atoms with Crippen molar-refractivity contribution in [1.82, 2.24) is 20.3 Å². The summed E-state index contributed by atoms with van der Waals surface area (Å²) in [6.07, 6.45) is -1.12. The van der Waals surface area contributed by atoms with Crippen molar-refractivity contribution in [3.63, 3.8) is 0 Å². The monoisotopic (exact) mass is 711 g/mol. The van der Waals surface area contributed by atoms with Gasteiger partial charge in [0.25, 0.3) is 0 Å². The molecule has 0 aliphatic heterocycles. The van der Waals surface area contributed by atoms with E-state index in [2.05, 4.69) is 16.0 Å². The number of hydrogen-bond acceptors (Lipinski definition) is 7. The van der Waals surface area contributed by atoms with Crippen LogP contribution in [0.4, 0.5) is 10.1 Å². The number of nitrogen functional groups attached to an aromatic ring is 1. The second-order valence-corrected chi connectivity index (χ2v) is 16.9. The molecular formula is C38H54FN5O5S. The molecule has 0 heterocycles. The van der Waals surface area contributed by atoms with Crippen molar-refractivity contribution in [2.24, 2.45) is 11.3 Å². The molecule has 3 aromatic rings. The zero-order valence-corrected chi connectivity index (χ0v) is 31.3. The molecule has 3 aromatic carbocycles. The molecule has 274 valence electrons. The summed E-state index contributed by atoms with van der Waals surface area (Å²) in [6.45, 7) is 14.3. The van der Waals surface area contributed by atoms with Gasteiger partial charge in [0, 0.05) is 24.3 Å². The van der Waals surface area contributed by atoms with E-state index >= 15 is 0 Å². The van der Waals surface area contributed by atoms with Crippen molar-refractivity contribution in [2.75, 3.05) is 25.4 Å². The largest absolute Gasteiger partial charge is 0.398 e. The van der Waals surface area contributed by atoms with Crippen LogP contribution in [0.15, 0.2) is 77.7 Å². The topological polar surface area (TPSA) is 154 Å². The number of halogens is 1. The Morgan fingerprint density at radius 3 is 2.16 bits per heavy atom. The number of carbonyl (C=O) groups excluding carboxylic acids is 2. The van der Waals surface area contributed by atoms with E-state index in [4.69, 9.17) is 5.73 Å². The van der Waals surface area contributed by atoms with E-state index in [1.165, 1.54) is 28.6 Å². The summed E-state index contributed by atoms with van der Waals surface area (Å²) in [5.41, 5.74) is 7.14. The summed E-state index contributed by atoms with van der Waals surface area (Å²) in [4.78, 5) is 27.3. The van der Waals surface area contributed by atoms with Gasteiger partial charge in [0.2, 0.25) is 21.8 Å². The second-order valence-electron chi connectivity index (χ2n) is 15.0. The van der Waals surface area contributed by atoms with Gasteiger partial charge in [-0.2, -0.15) is 4.31 Å². The van der Waals surface area contributed by atoms with Crippen LogP contribution in [0, 0.1) is 24.1 Å². The first kappa shape index (κ1) is 40.6. The van der Waals surface area contributed by atoms with Crippen LogP contribution in [0.25, 0.3) is 0 Å². The molecule has 6 N–H and O–H groups in total. The van der Waals surface area contributed by atoms with Crippen molar-refractivity contribution in [3.05, 3.63) is 95.3 Å². The van der Waals surface area contributed by atoms with Gasteiger partial charge in [0.05, 0.1) is 23.6 Å². The van der Waals surface area contributed by atoms with Crippen LogP contribution in [0.1, 0.15) is 65.2 Å². The molecule has 0 unspecified atom stereocenters. The highest BCUT2D eigenvalue weighted by Crippen LogP contribution is 2.25. The van der Waals surface area contributed by atoms with E-state index in [1.54, 1.807) is 25.1 Å². The lowest BCUT2D eigenvalue weighted by Gasteiger charge is -2.35. The molecule has 0 saturated heterocycles. The predicted molar refractivity (Wildman–Crippen MR) is 196 cm³/mol. The van der Waals surface area contributed by atoms with Gasteiger partial charge in [-0.15, -0.1) is 0 Å². The number of anilines is 1. The maximum Gasteiger partial charge on any atom is 0.243 e. The van der Waals surface area contributed by atoms with Crippen LogP contribution in [-0.4, -0.2) is 67.5 Å². The van der Waals surface area contributed by atoms with Crippen LogP contribution in [0.2, 0.25) is 0 Å². The van der Waals surface area contributed by atoms with Gasteiger partial charge < -0.3 is 21.5 Å². The highest BCUT2D eigenvalue weighted by molar-refractivity contribution is 7.89. The highest BCUT2D eigenvalue weighted by atomic mass is 32.2. The van der Waals surface area contributed by atoms with Crippen molar-refractivity contribution < 1.29 is 27.5 Å². The number of aliphatic hydroxyl groups is 1. The third-order valence-corrected chi connectivity index (χ3v) is 10.4. The number of nitrogens with one attached hydrogen (secondary N) is 3. The Hall–Kier alpha value is -3.84. The maximum absolute atomic E-state index is 14.0. The van der Waals surface area contributed by atoms with Gasteiger partial charge in [-0.25, -0.2) is 12.8 Å². The zero-order chi connectivity index (χ0) is 37.4. The fraction of sp³-hybridized carbons (Fsp3) is 0.474. The van der Waals surface area contributed by atoms with E-state index in [-0.39, 0.29) is 42.7 Å². The van der Waals surface area contributed by atoms with Gasteiger partial charge >= 0.3 is 0 Å². The first-order chi connectivity index (χ1) is 23.2. The van der Waals surface area contributed by atoms with E-state index in [0.717, 1.165) is 11.1 Å². The Bertz CT molecular complexity index is 1710. The number of aryl methyl sites for hydroxylation is 1. The smallest absolute Gasteiger partial charge is 0.243 e. The summed E-state index contributed by atoms with van der Waals surface area (Å²) < 4.78 is 42.8. The molecule has 0 aliphatic rings. The molecule has 3 rings (SSSR count). The summed E-state index contributed by atoms with van der Waals surface area (Å²) in [7, 11) is -4.07. The number of hydrogen-bond donors (Lipinski definition) is 5. The Labute approximate surface area is 297 Å². The molecule has 12 heteroatoms. The van der Waals surface area contributed by atoms with E-state index in [9.17, 15) is 27.5 Å². The van der Waals surface area contributed by atoms with E-state index < -0.39 is 51.0 Å². The van der Waals surface area contributed by atoms with Crippen LogP contribution in [-0.2, 0) is 31.6 Å². The van der Waals surface area contributed by atoms with Gasteiger partial charge in [0.1, 0.15) is 11.9 Å². The normalized spacial score (nSPS) is 14.3. The quantitative estimate of drug-likeness (QED) is 0.137. The van der Waals surface area contributed by atoms with E-state index in [0.29, 0.717) is 11.3 Å². The number of benzene rings is 3. The number of nitrogens with two attached hydrogens (primary N) is 1. The number of sulfonamides is 1. The minimum Gasteiger partial charge on any atom is -0.398 e. The third kappa shape index (κ3) is 11.3. The third-order valence-electron chi connectivity index (χ3n) is 8.61. The average molecular weight is 712 g/mol. The van der Waals surface area contributed by atoms with Crippen LogP contribution < -0.4 is 21.7 Å². The summed E-state index contributed by atoms with van der Waals surface area (Å²) in [5.74, 6) is -1.43. The lowest BCUT2D eigenvalue weighted by Crippen LogP contribution is -2.59. The molecule has 10 nitrogen and oxygen atoms in total. The lowest BCUT2D eigenvalue weighted by molar-refractivity contribution is -0.132. The fourth-order valence-electron chi connectivity index (χ4n) is 5.53. The number of nitrogens with zero attached hydrogens (tertiary/aromatic N) is 1. The molecule has 0 fully saturated rings. The van der Waals surface area contributed by atoms with Crippen LogP contribution in [0.5, 0.6) is 0 Å². The number of amides is 2. The van der Waals surface area contributed by atoms with Crippen LogP contribution >= 0.6 is 0 Å². The van der Waals surface area contributed by atoms with Gasteiger partial charge in [0.15, 0.2) is 0 Å². The minimum absolute atomic E-state index is 0.0155. The molecule has 2 amide bonds. The van der Waals surface area contributed by atoms with Gasteiger partial charge in [-0.1, -0.05) is 83.1 Å².